The van der Waals surface area contributed by atoms with Gasteiger partial charge in [0.05, 0.1) is 34.3 Å². The van der Waals surface area contributed by atoms with Gasteiger partial charge in [-0.05, 0) is 53.2 Å². The first-order chi connectivity index (χ1) is 14.9. The van der Waals surface area contributed by atoms with Crippen LogP contribution in [0.5, 0.6) is 0 Å². The van der Waals surface area contributed by atoms with Gasteiger partial charge in [0, 0.05) is 5.39 Å². The number of hydrogen-bond donors (Lipinski definition) is 1. The summed E-state index contributed by atoms with van der Waals surface area (Å²) >= 11 is 0.742. The Labute approximate surface area is 180 Å². The highest BCUT2D eigenvalue weighted by molar-refractivity contribution is 8.18. The number of amides is 2. The summed E-state index contributed by atoms with van der Waals surface area (Å²) in [5.41, 5.74) is -2.12. The van der Waals surface area contributed by atoms with E-state index in [0.717, 1.165) is 17.8 Å². The molecular formula is C20H11F6N3O2S. The van der Waals surface area contributed by atoms with E-state index in [1.54, 1.807) is 18.2 Å². The third-order valence-corrected chi connectivity index (χ3v) is 5.48. The summed E-state index contributed by atoms with van der Waals surface area (Å²) < 4.78 is 80.1. The Bertz CT molecular complexity index is 1280. The fraction of sp³-hybridized carbons (Fsp3) is 0.150. The van der Waals surface area contributed by atoms with Crippen molar-refractivity contribution in [1.82, 2.24) is 15.1 Å². The van der Waals surface area contributed by atoms with Crippen LogP contribution < -0.4 is 5.32 Å². The Hall–Kier alpha value is -3.28. The molecule has 1 aliphatic rings. The summed E-state index contributed by atoms with van der Waals surface area (Å²) in [5, 5.41) is 6.22. The lowest BCUT2D eigenvalue weighted by atomic mass is 10.0. The van der Waals surface area contributed by atoms with Crippen molar-refractivity contribution in [2.75, 3.05) is 0 Å². The molecule has 1 aliphatic heterocycles. The molecule has 2 aromatic carbocycles. The van der Waals surface area contributed by atoms with Gasteiger partial charge in [-0.25, -0.2) is 0 Å². The SMILES string of the molecule is O=C1NC(=O)C(=Cc2ccc3c(cnn3Cc3ccc(C(F)(F)F)cc3C(F)(F)F)c2)S1. The Morgan fingerprint density at radius 2 is 1.75 bits per heavy atom. The van der Waals surface area contributed by atoms with Crippen LogP contribution in [-0.2, 0) is 23.7 Å². The number of carbonyl (C=O) groups excluding carboxylic acids is 2. The third-order valence-electron chi connectivity index (χ3n) is 4.67. The summed E-state index contributed by atoms with van der Waals surface area (Å²) in [4.78, 5) is 23.1. The minimum Gasteiger partial charge on any atom is -0.282 e. The van der Waals surface area contributed by atoms with Crippen molar-refractivity contribution >= 4 is 39.9 Å². The lowest BCUT2D eigenvalue weighted by Gasteiger charge is -2.16. The van der Waals surface area contributed by atoms with E-state index < -0.39 is 41.2 Å². The maximum atomic E-state index is 13.4. The van der Waals surface area contributed by atoms with Gasteiger partial charge < -0.3 is 0 Å². The molecule has 12 heteroatoms. The molecule has 0 radical (unpaired) electrons. The number of fused-ring (bicyclic) bond motifs is 1. The molecular weight excluding hydrogens is 460 g/mol. The lowest BCUT2D eigenvalue weighted by molar-refractivity contribution is -0.143. The molecule has 32 heavy (non-hydrogen) atoms. The van der Waals surface area contributed by atoms with Crippen LogP contribution in [0.3, 0.4) is 0 Å². The molecule has 1 N–H and O–H groups in total. The molecule has 4 rings (SSSR count). The molecule has 0 spiro atoms. The summed E-state index contributed by atoms with van der Waals surface area (Å²) in [6.07, 6.45) is -7.00. The van der Waals surface area contributed by atoms with Gasteiger partial charge in [-0.3, -0.25) is 19.6 Å². The summed E-state index contributed by atoms with van der Waals surface area (Å²) in [6, 6.07) is 6.26. The maximum absolute atomic E-state index is 13.4. The third kappa shape index (κ3) is 4.35. The smallest absolute Gasteiger partial charge is 0.282 e. The molecule has 0 unspecified atom stereocenters. The van der Waals surface area contributed by atoms with Crippen molar-refractivity contribution in [3.63, 3.8) is 0 Å². The Morgan fingerprint density at radius 1 is 1.00 bits per heavy atom. The first-order valence-electron chi connectivity index (χ1n) is 8.89. The number of nitrogens with one attached hydrogen (secondary N) is 1. The molecule has 1 fully saturated rings. The molecule has 0 aliphatic carbocycles. The zero-order valence-electron chi connectivity index (χ0n) is 15.7. The predicted octanol–water partition coefficient (Wildman–Crippen LogP) is 5.45. The van der Waals surface area contributed by atoms with Gasteiger partial charge in [0.15, 0.2) is 0 Å². The highest BCUT2D eigenvalue weighted by Crippen LogP contribution is 2.38. The zero-order valence-corrected chi connectivity index (χ0v) is 16.5. The van der Waals surface area contributed by atoms with E-state index in [0.29, 0.717) is 22.5 Å². The normalized spacial score (nSPS) is 16.2. The minimum atomic E-state index is -4.98. The van der Waals surface area contributed by atoms with Gasteiger partial charge in [0.25, 0.3) is 11.1 Å². The van der Waals surface area contributed by atoms with Crippen molar-refractivity contribution in [3.8, 4) is 0 Å². The van der Waals surface area contributed by atoms with E-state index in [1.807, 2.05) is 0 Å². The van der Waals surface area contributed by atoms with Gasteiger partial charge in [0.1, 0.15) is 0 Å². The number of aromatic nitrogens is 2. The monoisotopic (exact) mass is 471 g/mol. The lowest BCUT2D eigenvalue weighted by Crippen LogP contribution is -2.17. The molecule has 3 aromatic rings. The molecule has 5 nitrogen and oxygen atoms in total. The average Bonchev–Trinajstić information content (AvgIpc) is 3.22. The molecule has 0 saturated carbocycles. The Morgan fingerprint density at radius 3 is 2.38 bits per heavy atom. The molecule has 0 atom stereocenters. The Kier molecular flexibility index (Phi) is 5.27. The predicted molar refractivity (Wildman–Crippen MR) is 104 cm³/mol. The van der Waals surface area contributed by atoms with Crippen LogP contribution >= 0.6 is 11.8 Å². The molecule has 2 amide bonds. The Balaban J connectivity index is 1.68. The van der Waals surface area contributed by atoms with Crippen LogP contribution in [0.15, 0.2) is 47.5 Å². The van der Waals surface area contributed by atoms with Crippen molar-refractivity contribution < 1.29 is 35.9 Å². The highest BCUT2D eigenvalue weighted by atomic mass is 32.2. The van der Waals surface area contributed by atoms with Crippen LogP contribution in [0, 0.1) is 0 Å². The van der Waals surface area contributed by atoms with Crippen molar-refractivity contribution in [1.29, 1.82) is 0 Å². The second-order valence-corrected chi connectivity index (χ2v) is 7.85. The number of hydrogen-bond acceptors (Lipinski definition) is 4. The van der Waals surface area contributed by atoms with Gasteiger partial charge in [-0.1, -0.05) is 12.1 Å². The summed E-state index contributed by atoms with van der Waals surface area (Å²) in [5.74, 6) is -0.530. The van der Waals surface area contributed by atoms with Gasteiger partial charge >= 0.3 is 12.4 Å². The number of benzene rings is 2. The zero-order chi connectivity index (χ0) is 23.3. The number of thioether (sulfide) groups is 1. The topological polar surface area (TPSA) is 64.0 Å². The second kappa shape index (κ2) is 7.69. The fourth-order valence-corrected chi connectivity index (χ4v) is 3.89. The van der Waals surface area contributed by atoms with Crippen LogP contribution in [0.4, 0.5) is 31.1 Å². The first kappa shape index (κ1) is 21.9. The number of rotatable bonds is 3. The quantitative estimate of drug-likeness (QED) is 0.408. The molecule has 1 aromatic heterocycles. The van der Waals surface area contributed by atoms with Crippen LogP contribution in [-0.4, -0.2) is 20.9 Å². The van der Waals surface area contributed by atoms with Crippen LogP contribution in [0.25, 0.3) is 17.0 Å². The minimum absolute atomic E-state index is 0.0942. The second-order valence-electron chi connectivity index (χ2n) is 6.84. The van der Waals surface area contributed by atoms with Crippen LogP contribution in [0.1, 0.15) is 22.3 Å². The van der Waals surface area contributed by atoms with E-state index in [-0.39, 0.29) is 16.5 Å². The van der Waals surface area contributed by atoms with Crippen molar-refractivity contribution in [2.24, 2.45) is 0 Å². The number of halogens is 6. The van der Waals surface area contributed by atoms with E-state index in [9.17, 15) is 35.9 Å². The maximum Gasteiger partial charge on any atom is 0.416 e. The van der Waals surface area contributed by atoms with E-state index >= 15 is 0 Å². The summed E-state index contributed by atoms with van der Waals surface area (Å²) in [6.45, 7) is -0.399. The van der Waals surface area contributed by atoms with Gasteiger partial charge in [-0.2, -0.15) is 31.4 Å². The van der Waals surface area contributed by atoms with Gasteiger partial charge in [-0.15, -0.1) is 0 Å². The number of imide groups is 1. The van der Waals surface area contributed by atoms with E-state index in [2.05, 4.69) is 10.4 Å². The van der Waals surface area contributed by atoms with E-state index in [4.69, 9.17) is 0 Å². The standard InChI is InChI=1S/C20H11F6N3O2S/c21-19(22,23)13-3-2-11(14(7-13)20(24,25)26)9-29-15-4-1-10(5-12(15)8-27-29)6-16-17(30)28-18(31)32-16/h1-8H,9H2,(H,28,30,31). The number of carbonyl (C=O) groups is 2. The molecule has 166 valence electrons. The molecule has 0 bridgehead atoms. The summed E-state index contributed by atoms with van der Waals surface area (Å²) in [7, 11) is 0. The van der Waals surface area contributed by atoms with Gasteiger partial charge in [0.2, 0.25) is 0 Å². The molecule has 2 heterocycles. The average molecular weight is 471 g/mol. The number of alkyl halides is 6. The largest absolute Gasteiger partial charge is 0.416 e. The molecule has 1 saturated heterocycles. The number of nitrogens with zero attached hydrogens (tertiary/aromatic N) is 2. The first-order valence-corrected chi connectivity index (χ1v) is 9.71. The van der Waals surface area contributed by atoms with Crippen LogP contribution in [0.2, 0.25) is 0 Å². The van der Waals surface area contributed by atoms with E-state index in [1.165, 1.54) is 17.0 Å². The highest BCUT2D eigenvalue weighted by Gasteiger charge is 2.38. The fourth-order valence-electron chi connectivity index (χ4n) is 3.21. The van der Waals surface area contributed by atoms with Crippen molar-refractivity contribution in [3.05, 3.63) is 69.8 Å². The van der Waals surface area contributed by atoms with Crippen molar-refractivity contribution in [2.45, 2.75) is 18.9 Å².